The molecule has 0 amide bonds. The molecule has 1 atom stereocenters. The third-order valence-corrected chi connectivity index (χ3v) is 2.29. The lowest BCUT2D eigenvalue weighted by Gasteiger charge is -2.10. The molecule has 3 heteroatoms. The van der Waals surface area contributed by atoms with E-state index >= 15 is 0 Å². The lowest BCUT2D eigenvalue weighted by atomic mass is 10.2. The predicted octanol–water partition coefficient (Wildman–Crippen LogP) is 2.17. The summed E-state index contributed by atoms with van der Waals surface area (Å²) in [5, 5.41) is 0. The summed E-state index contributed by atoms with van der Waals surface area (Å²) in [5.41, 5.74) is 1.06. The van der Waals surface area contributed by atoms with Crippen molar-refractivity contribution >= 4 is 0 Å². The lowest BCUT2D eigenvalue weighted by molar-refractivity contribution is 0.144. The Balaban J connectivity index is 1.89. The van der Waals surface area contributed by atoms with Gasteiger partial charge in [-0.25, -0.2) is 0 Å². The number of rotatable bonds is 7. The fourth-order valence-electron chi connectivity index (χ4n) is 1.36. The number of ether oxygens (including phenoxy) is 3. The van der Waals surface area contributed by atoms with E-state index in [1.165, 1.54) is 0 Å². The van der Waals surface area contributed by atoms with Crippen LogP contribution in [0.1, 0.15) is 5.56 Å². The molecule has 0 bridgehead atoms. The molecule has 1 heterocycles. The third kappa shape index (κ3) is 3.36. The molecule has 1 saturated heterocycles. The van der Waals surface area contributed by atoms with Crippen molar-refractivity contribution in [3.05, 3.63) is 42.5 Å². The first kappa shape index (κ1) is 11.2. The average molecular weight is 220 g/mol. The van der Waals surface area contributed by atoms with E-state index in [0.29, 0.717) is 19.8 Å². The number of benzene rings is 1. The van der Waals surface area contributed by atoms with E-state index in [4.69, 9.17) is 14.2 Å². The first-order valence-electron chi connectivity index (χ1n) is 5.41. The molecule has 0 spiro atoms. The zero-order valence-corrected chi connectivity index (χ0v) is 9.22. The highest BCUT2D eigenvalue weighted by atomic mass is 16.6. The monoisotopic (exact) mass is 220 g/mol. The van der Waals surface area contributed by atoms with Gasteiger partial charge >= 0.3 is 0 Å². The first-order chi connectivity index (χ1) is 7.90. The second-order valence-electron chi connectivity index (χ2n) is 3.68. The minimum atomic E-state index is 0.280. The largest absolute Gasteiger partial charge is 0.490 e. The molecule has 0 saturated carbocycles. The molecular weight excluding hydrogens is 204 g/mol. The van der Waals surface area contributed by atoms with Crippen molar-refractivity contribution in [3.63, 3.8) is 0 Å². The SMILES string of the molecule is C=CCOCc1ccccc1OCC1CO1. The maximum absolute atomic E-state index is 5.66. The van der Waals surface area contributed by atoms with Gasteiger partial charge in [-0.1, -0.05) is 24.3 Å². The van der Waals surface area contributed by atoms with Gasteiger partial charge in [0.15, 0.2) is 0 Å². The lowest BCUT2D eigenvalue weighted by Crippen LogP contribution is -2.06. The Labute approximate surface area is 95.6 Å². The van der Waals surface area contributed by atoms with Crippen molar-refractivity contribution in [3.8, 4) is 5.75 Å². The van der Waals surface area contributed by atoms with E-state index in [2.05, 4.69) is 6.58 Å². The van der Waals surface area contributed by atoms with E-state index < -0.39 is 0 Å². The van der Waals surface area contributed by atoms with E-state index in [-0.39, 0.29) is 6.10 Å². The molecule has 16 heavy (non-hydrogen) atoms. The zero-order chi connectivity index (χ0) is 11.2. The molecule has 0 aliphatic carbocycles. The standard InChI is InChI=1S/C13H16O3/c1-2-7-14-8-11-5-3-4-6-13(11)16-10-12-9-15-12/h2-6,12H,1,7-10H2. The topological polar surface area (TPSA) is 31.0 Å². The Bertz CT molecular complexity index is 345. The van der Waals surface area contributed by atoms with E-state index in [9.17, 15) is 0 Å². The Kier molecular flexibility index (Phi) is 3.97. The van der Waals surface area contributed by atoms with Crippen LogP contribution in [0.2, 0.25) is 0 Å². The van der Waals surface area contributed by atoms with Crippen LogP contribution < -0.4 is 4.74 Å². The van der Waals surface area contributed by atoms with Crippen LogP contribution in [0.25, 0.3) is 0 Å². The Morgan fingerprint density at radius 2 is 2.25 bits per heavy atom. The number of hydrogen-bond acceptors (Lipinski definition) is 3. The average Bonchev–Trinajstić information content (AvgIpc) is 3.12. The maximum atomic E-state index is 5.66. The third-order valence-electron chi connectivity index (χ3n) is 2.29. The van der Waals surface area contributed by atoms with Gasteiger partial charge in [-0.05, 0) is 6.07 Å². The molecule has 1 fully saturated rings. The van der Waals surface area contributed by atoms with Crippen LogP contribution in [0.5, 0.6) is 5.75 Å². The van der Waals surface area contributed by atoms with Crippen molar-refractivity contribution in [2.45, 2.75) is 12.7 Å². The Hall–Kier alpha value is -1.32. The summed E-state index contributed by atoms with van der Waals surface area (Å²) in [6.45, 7) is 6.15. The highest BCUT2D eigenvalue weighted by Gasteiger charge is 2.23. The molecule has 1 unspecified atom stereocenters. The summed E-state index contributed by atoms with van der Waals surface area (Å²) in [6.07, 6.45) is 2.02. The molecule has 0 radical (unpaired) electrons. The molecule has 86 valence electrons. The van der Waals surface area contributed by atoms with Crippen molar-refractivity contribution in [2.24, 2.45) is 0 Å². The van der Waals surface area contributed by atoms with Crippen LogP contribution in [0.15, 0.2) is 36.9 Å². The van der Waals surface area contributed by atoms with Gasteiger partial charge in [-0.2, -0.15) is 0 Å². The molecular formula is C13H16O3. The normalized spacial score (nSPS) is 18.1. The van der Waals surface area contributed by atoms with E-state index in [0.717, 1.165) is 17.9 Å². The summed E-state index contributed by atoms with van der Waals surface area (Å²) >= 11 is 0. The van der Waals surface area contributed by atoms with Gasteiger partial charge in [-0.3, -0.25) is 0 Å². The molecule has 1 aromatic rings. The second kappa shape index (κ2) is 5.68. The van der Waals surface area contributed by atoms with E-state index in [1.807, 2.05) is 24.3 Å². The summed E-state index contributed by atoms with van der Waals surface area (Å²) in [7, 11) is 0. The molecule has 1 aliphatic rings. The predicted molar refractivity (Wildman–Crippen MR) is 61.5 cm³/mol. The Morgan fingerprint density at radius 1 is 1.44 bits per heavy atom. The smallest absolute Gasteiger partial charge is 0.124 e. The second-order valence-corrected chi connectivity index (χ2v) is 3.68. The Morgan fingerprint density at radius 3 is 3.00 bits per heavy atom. The van der Waals surface area contributed by atoms with Crippen molar-refractivity contribution in [2.75, 3.05) is 19.8 Å². The molecule has 0 aromatic heterocycles. The van der Waals surface area contributed by atoms with Gasteiger partial charge in [-0.15, -0.1) is 6.58 Å². The zero-order valence-electron chi connectivity index (χ0n) is 9.22. The molecule has 2 rings (SSSR count). The van der Waals surface area contributed by atoms with Gasteiger partial charge in [0.25, 0.3) is 0 Å². The maximum Gasteiger partial charge on any atom is 0.124 e. The molecule has 3 nitrogen and oxygen atoms in total. The fourth-order valence-corrected chi connectivity index (χ4v) is 1.36. The van der Waals surface area contributed by atoms with Crippen molar-refractivity contribution in [1.82, 2.24) is 0 Å². The fraction of sp³-hybridized carbons (Fsp3) is 0.385. The summed E-state index contributed by atoms with van der Waals surface area (Å²) in [5.74, 6) is 0.877. The number of para-hydroxylation sites is 1. The summed E-state index contributed by atoms with van der Waals surface area (Å²) in [4.78, 5) is 0. The molecule has 1 aliphatic heterocycles. The first-order valence-corrected chi connectivity index (χ1v) is 5.41. The highest BCUT2D eigenvalue weighted by molar-refractivity contribution is 5.32. The number of epoxide rings is 1. The van der Waals surface area contributed by atoms with Gasteiger partial charge in [0.1, 0.15) is 18.5 Å². The summed E-state index contributed by atoms with van der Waals surface area (Å²) < 4.78 is 16.2. The van der Waals surface area contributed by atoms with Crippen molar-refractivity contribution < 1.29 is 14.2 Å². The van der Waals surface area contributed by atoms with Crippen LogP contribution >= 0.6 is 0 Å². The molecule has 1 aromatic carbocycles. The van der Waals surface area contributed by atoms with E-state index in [1.54, 1.807) is 6.08 Å². The van der Waals surface area contributed by atoms with Gasteiger partial charge in [0, 0.05) is 5.56 Å². The highest BCUT2D eigenvalue weighted by Crippen LogP contribution is 2.20. The minimum Gasteiger partial charge on any atom is -0.490 e. The molecule has 0 N–H and O–H groups in total. The van der Waals surface area contributed by atoms with Crippen LogP contribution in [-0.2, 0) is 16.1 Å². The van der Waals surface area contributed by atoms with Gasteiger partial charge in [0.2, 0.25) is 0 Å². The van der Waals surface area contributed by atoms with Crippen LogP contribution in [0.4, 0.5) is 0 Å². The summed E-state index contributed by atoms with van der Waals surface area (Å²) in [6, 6.07) is 7.90. The van der Waals surface area contributed by atoms with Gasteiger partial charge in [0.05, 0.1) is 19.8 Å². The van der Waals surface area contributed by atoms with Crippen LogP contribution in [0, 0.1) is 0 Å². The van der Waals surface area contributed by atoms with Crippen molar-refractivity contribution in [1.29, 1.82) is 0 Å². The van der Waals surface area contributed by atoms with Crippen LogP contribution in [0.3, 0.4) is 0 Å². The van der Waals surface area contributed by atoms with Gasteiger partial charge < -0.3 is 14.2 Å². The van der Waals surface area contributed by atoms with Crippen LogP contribution in [-0.4, -0.2) is 25.9 Å². The minimum absolute atomic E-state index is 0.280. The quantitative estimate of drug-likeness (QED) is 0.401. The number of hydrogen-bond donors (Lipinski definition) is 0.